The zero-order chi connectivity index (χ0) is 9.42. The van der Waals surface area contributed by atoms with E-state index in [0.717, 1.165) is 18.5 Å². The predicted molar refractivity (Wildman–Crippen MR) is 46.9 cm³/mol. The van der Waals surface area contributed by atoms with Gasteiger partial charge in [-0.3, -0.25) is 9.89 Å². The topological polar surface area (TPSA) is 66.0 Å². The molecule has 70 valence electrons. The number of aromatic amines is 1. The first-order valence-corrected chi connectivity index (χ1v) is 4.50. The highest BCUT2D eigenvalue weighted by molar-refractivity contribution is 6.30. The molecule has 0 radical (unpaired) electrons. The second-order valence-corrected chi connectivity index (χ2v) is 3.61. The Labute approximate surface area is 79.9 Å². The Kier molecular flexibility index (Phi) is 2.00. The summed E-state index contributed by atoms with van der Waals surface area (Å²) in [5.74, 6) is -0.417. The third-order valence-electron chi connectivity index (χ3n) is 2.16. The summed E-state index contributed by atoms with van der Waals surface area (Å²) in [6.45, 7) is 0. The summed E-state index contributed by atoms with van der Waals surface area (Å²) < 4.78 is 0. The fourth-order valence-corrected chi connectivity index (χ4v) is 1.60. The van der Waals surface area contributed by atoms with Gasteiger partial charge in [-0.15, -0.1) is 0 Å². The summed E-state index contributed by atoms with van der Waals surface area (Å²) in [4.78, 5) is 10.5. The molecule has 1 aliphatic carbocycles. The van der Waals surface area contributed by atoms with E-state index < -0.39 is 5.97 Å². The second-order valence-electron chi connectivity index (χ2n) is 3.25. The molecule has 13 heavy (non-hydrogen) atoms. The molecule has 0 aromatic carbocycles. The predicted octanol–water partition coefficient (Wildman–Crippen LogP) is 1.57. The Morgan fingerprint density at radius 3 is 2.92 bits per heavy atom. The molecule has 1 aromatic rings. The molecule has 4 nitrogen and oxygen atoms in total. The van der Waals surface area contributed by atoms with Gasteiger partial charge in [0.2, 0.25) is 0 Å². The summed E-state index contributed by atoms with van der Waals surface area (Å²) in [7, 11) is 0. The molecule has 0 unspecified atom stereocenters. The van der Waals surface area contributed by atoms with E-state index in [1.165, 1.54) is 0 Å². The average Bonchev–Trinajstić information content (AvgIpc) is 2.81. The van der Waals surface area contributed by atoms with E-state index in [0.29, 0.717) is 16.6 Å². The molecule has 2 N–H and O–H groups in total. The SMILES string of the molecule is O=C(O)Cc1c(Cl)n[nH]c1C1CC1. The summed E-state index contributed by atoms with van der Waals surface area (Å²) in [5, 5.41) is 15.5. The first kappa shape index (κ1) is 8.56. The maximum absolute atomic E-state index is 10.5. The minimum Gasteiger partial charge on any atom is -0.481 e. The Hall–Kier alpha value is -1.03. The van der Waals surface area contributed by atoms with Crippen LogP contribution in [0.25, 0.3) is 0 Å². The standard InChI is InChI=1S/C8H9ClN2O2/c9-8-5(3-6(12)13)7(10-11-8)4-1-2-4/h4H,1-3H2,(H,10,11)(H,12,13). The third kappa shape index (κ3) is 1.67. The largest absolute Gasteiger partial charge is 0.481 e. The highest BCUT2D eigenvalue weighted by Crippen LogP contribution is 2.41. The molecular formula is C8H9ClN2O2. The molecule has 0 spiro atoms. The van der Waals surface area contributed by atoms with Crippen molar-refractivity contribution in [3.63, 3.8) is 0 Å². The molecule has 1 aromatic heterocycles. The average molecular weight is 201 g/mol. The smallest absolute Gasteiger partial charge is 0.308 e. The van der Waals surface area contributed by atoms with Gasteiger partial charge in [-0.2, -0.15) is 5.10 Å². The molecule has 0 amide bonds. The minimum absolute atomic E-state index is 0.0405. The summed E-state index contributed by atoms with van der Waals surface area (Å²) in [6, 6.07) is 0. The maximum atomic E-state index is 10.5. The molecule has 0 saturated heterocycles. The number of hydrogen-bond acceptors (Lipinski definition) is 2. The molecule has 0 bridgehead atoms. The van der Waals surface area contributed by atoms with Gasteiger partial charge in [-0.25, -0.2) is 0 Å². The van der Waals surface area contributed by atoms with E-state index in [2.05, 4.69) is 10.2 Å². The Morgan fingerprint density at radius 1 is 1.69 bits per heavy atom. The van der Waals surface area contributed by atoms with E-state index in [1.807, 2.05) is 0 Å². The number of carboxylic acid groups (broad SMARTS) is 1. The normalized spacial score (nSPS) is 16.1. The maximum Gasteiger partial charge on any atom is 0.308 e. The number of nitrogens with zero attached hydrogens (tertiary/aromatic N) is 1. The van der Waals surface area contributed by atoms with Crippen molar-refractivity contribution in [2.75, 3.05) is 0 Å². The van der Waals surface area contributed by atoms with E-state index in [9.17, 15) is 4.79 Å². The second kappa shape index (κ2) is 3.03. The summed E-state index contributed by atoms with van der Waals surface area (Å²) in [5.41, 5.74) is 1.56. The van der Waals surface area contributed by atoms with Gasteiger partial charge in [0.25, 0.3) is 0 Å². The van der Waals surface area contributed by atoms with E-state index in [4.69, 9.17) is 16.7 Å². The van der Waals surface area contributed by atoms with Crippen LogP contribution in [0.5, 0.6) is 0 Å². The molecule has 1 heterocycles. The van der Waals surface area contributed by atoms with Gasteiger partial charge in [-0.05, 0) is 12.8 Å². The van der Waals surface area contributed by atoms with Crippen molar-refractivity contribution < 1.29 is 9.90 Å². The zero-order valence-corrected chi connectivity index (χ0v) is 7.64. The van der Waals surface area contributed by atoms with E-state index in [-0.39, 0.29) is 6.42 Å². The van der Waals surface area contributed by atoms with Crippen molar-refractivity contribution in [1.29, 1.82) is 0 Å². The minimum atomic E-state index is -0.870. The molecule has 0 atom stereocenters. The fourth-order valence-electron chi connectivity index (χ4n) is 1.38. The number of hydrogen-bond donors (Lipinski definition) is 2. The fraction of sp³-hybridized carbons (Fsp3) is 0.500. The van der Waals surface area contributed by atoms with Crippen molar-refractivity contribution in [1.82, 2.24) is 10.2 Å². The number of aliphatic carboxylic acids is 1. The lowest BCUT2D eigenvalue weighted by Crippen LogP contribution is -2.02. The first-order chi connectivity index (χ1) is 6.18. The number of nitrogens with one attached hydrogen (secondary N) is 1. The van der Waals surface area contributed by atoms with Crippen molar-refractivity contribution in [3.8, 4) is 0 Å². The third-order valence-corrected chi connectivity index (χ3v) is 2.47. The van der Waals surface area contributed by atoms with Crippen LogP contribution < -0.4 is 0 Å². The number of carboxylic acids is 1. The van der Waals surface area contributed by atoms with E-state index in [1.54, 1.807) is 0 Å². The number of H-pyrrole nitrogens is 1. The van der Waals surface area contributed by atoms with Crippen LogP contribution in [0.4, 0.5) is 0 Å². The lowest BCUT2D eigenvalue weighted by atomic mass is 10.1. The van der Waals surface area contributed by atoms with Gasteiger partial charge in [-0.1, -0.05) is 11.6 Å². The van der Waals surface area contributed by atoms with Crippen LogP contribution in [-0.2, 0) is 11.2 Å². The highest BCUT2D eigenvalue weighted by Gasteiger charge is 2.29. The summed E-state index contributed by atoms with van der Waals surface area (Å²) >= 11 is 5.76. The van der Waals surface area contributed by atoms with Gasteiger partial charge in [0, 0.05) is 17.2 Å². The molecule has 1 saturated carbocycles. The Balaban J connectivity index is 2.28. The quantitative estimate of drug-likeness (QED) is 0.779. The number of halogens is 1. The van der Waals surface area contributed by atoms with Crippen molar-refractivity contribution >= 4 is 17.6 Å². The lowest BCUT2D eigenvalue weighted by molar-refractivity contribution is -0.136. The Bertz CT molecular complexity index is 344. The van der Waals surface area contributed by atoms with Crippen LogP contribution >= 0.6 is 11.6 Å². The molecule has 1 fully saturated rings. The molecule has 1 aliphatic rings. The highest BCUT2D eigenvalue weighted by atomic mass is 35.5. The zero-order valence-electron chi connectivity index (χ0n) is 6.88. The van der Waals surface area contributed by atoms with Crippen LogP contribution in [0.1, 0.15) is 30.0 Å². The molecule has 2 rings (SSSR count). The van der Waals surface area contributed by atoms with Crippen LogP contribution in [0.15, 0.2) is 0 Å². The summed E-state index contributed by atoms with van der Waals surface area (Å²) in [6.07, 6.45) is 2.16. The van der Waals surface area contributed by atoms with Crippen LogP contribution in [-0.4, -0.2) is 21.3 Å². The van der Waals surface area contributed by atoms with Crippen molar-refractivity contribution in [3.05, 3.63) is 16.4 Å². The number of carbonyl (C=O) groups is 1. The monoisotopic (exact) mass is 200 g/mol. The molecular weight excluding hydrogens is 192 g/mol. The van der Waals surface area contributed by atoms with Gasteiger partial charge >= 0.3 is 5.97 Å². The number of aromatic nitrogens is 2. The van der Waals surface area contributed by atoms with Gasteiger partial charge in [0.15, 0.2) is 5.15 Å². The van der Waals surface area contributed by atoms with Crippen LogP contribution in [0.2, 0.25) is 5.15 Å². The lowest BCUT2D eigenvalue weighted by Gasteiger charge is -1.97. The first-order valence-electron chi connectivity index (χ1n) is 4.13. The molecule has 0 aliphatic heterocycles. The van der Waals surface area contributed by atoms with E-state index >= 15 is 0 Å². The Morgan fingerprint density at radius 2 is 2.38 bits per heavy atom. The van der Waals surface area contributed by atoms with Gasteiger partial charge in [0.05, 0.1) is 6.42 Å². The van der Waals surface area contributed by atoms with Gasteiger partial charge < -0.3 is 5.11 Å². The van der Waals surface area contributed by atoms with Crippen LogP contribution in [0.3, 0.4) is 0 Å². The number of rotatable bonds is 3. The van der Waals surface area contributed by atoms with Crippen LogP contribution in [0, 0.1) is 0 Å². The van der Waals surface area contributed by atoms with Crippen molar-refractivity contribution in [2.24, 2.45) is 0 Å². The van der Waals surface area contributed by atoms with Gasteiger partial charge in [0.1, 0.15) is 0 Å². The molecule has 5 heteroatoms. The van der Waals surface area contributed by atoms with Crippen molar-refractivity contribution in [2.45, 2.75) is 25.2 Å².